The molecule has 18 heavy (non-hydrogen) atoms. The van der Waals surface area contributed by atoms with Crippen molar-refractivity contribution in [2.75, 3.05) is 13.2 Å². The van der Waals surface area contributed by atoms with Gasteiger partial charge in [0.25, 0.3) is 9.05 Å². The van der Waals surface area contributed by atoms with Gasteiger partial charge in [-0.3, -0.25) is 0 Å². The third-order valence-corrected chi connectivity index (χ3v) is 4.11. The van der Waals surface area contributed by atoms with Crippen LogP contribution in [0.15, 0.2) is 35.2 Å². The minimum Gasteiger partial charge on any atom is -0.486 e. The minimum absolute atomic E-state index is 0.0772. The lowest BCUT2D eigenvalue weighted by Gasteiger charge is -2.18. The summed E-state index contributed by atoms with van der Waals surface area (Å²) in [5.41, 5.74) is 0. The molecule has 0 aliphatic carbocycles. The van der Waals surface area contributed by atoms with Crippen molar-refractivity contribution in [2.24, 2.45) is 0 Å². The quantitative estimate of drug-likeness (QED) is 0.755. The van der Waals surface area contributed by atoms with E-state index in [0.29, 0.717) is 24.7 Å². The Morgan fingerprint density at radius 2 is 1.56 bits per heavy atom. The van der Waals surface area contributed by atoms with Gasteiger partial charge in [-0.05, 0) is 35.0 Å². The number of hydrogen-bond acceptors (Lipinski definition) is 4. The van der Waals surface area contributed by atoms with E-state index in [0.717, 1.165) is 10.8 Å². The molecule has 1 heterocycles. The molecule has 0 radical (unpaired) electrons. The Kier molecular flexibility index (Phi) is 2.60. The van der Waals surface area contributed by atoms with Crippen molar-refractivity contribution in [3.63, 3.8) is 0 Å². The third-order valence-electron chi connectivity index (χ3n) is 2.75. The lowest BCUT2D eigenvalue weighted by atomic mass is 10.1. The normalized spacial score (nSPS) is 14.7. The molecule has 0 amide bonds. The molecule has 0 fully saturated rings. The first kappa shape index (κ1) is 11.6. The Morgan fingerprint density at radius 1 is 0.944 bits per heavy atom. The molecule has 1 aliphatic heterocycles. The molecule has 3 rings (SSSR count). The Balaban J connectivity index is 2.22. The Labute approximate surface area is 108 Å². The van der Waals surface area contributed by atoms with E-state index in [1.54, 1.807) is 12.1 Å². The first-order chi connectivity index (χ1) is 8.54. The summed E-state index contributed by atoms with van der Waals surface area (Å²) in [7, 11) is 1.60. The van der Waals surface area contributed by atoms with E-state index in [1.807, 2.05) is 6.07 Å². The molecular weight excluding hydrogens is 276 g/mol. The van der Waals surface area contributed by atoms with Gasteiger partial charge in [-0.25, -0.2) is 8.42 Å². The van der Waals surface area contributed by atoms with Crippen molar-refractivity contribution >= 4 is 30.5 Å². The molecule has 6 heteroatoms. The van der Waals surface area contributed by atoms with Crippen LogP contribution in [-0.4, -0.2) is 21.6 Å². The maximum absolute atomic E-state index is 11.3. The van der Waals surface area contributed by atoms with E-state index in [4.69, 9.17) is 20.2 Å². The Morgan fingerprint density at radius 3 is 2.17 bits per heavy atom. The van der Waals surface area contributed by atoms with Gasteiger partial charge in [0.1, 0.15) is 13.2 Å². The van der Waals surface area contributed by atoms with E-state index in [1.165, 1.54) is 12.1 Å². The van der Waals surface area contributed by atoms with Crippen molar-refractivity contribution in [3.05, 3.63) is 30.3 Å². The Bertz CT molecular complexity index is 724. The van der Waals surface area contributed by atoms with Gasteiger partial charge in [0.15, 0.2) is 11.5 Å². The predicted octanol–water partition coefficient (Wildman–Crippen LogP) is 2.54. The SMILES string of the molecule is O=S(=O)(Cl)c1ccc2cc3c(cc2c1)OCCO3. The number of fused-ring (bicyclic) bond motifs is 2. The van der Waals surface area contributed by atoms with Crippen molar-refractivity contribution in [1.29, 1.82) is 0 Å². The number of hydrogen-bond donors (Lipinski definition) is 0. The average Bonchev–Trinajstić information content (AvgIpc) is 2.34. The molecule has 2 aromatic rings. The molecule has 2 aromatic carbocycles. The largest absolute Gasteiger partial charge is 0.486 e. The van der Waals surface area contributed by atoms with E-state index in [2.05, 4.69) is 0 Å². The highest BCUT2D eigenvalue weighted by Crippen LogP contribution is 2.35. The second-order valence-electron chi connectivity index (χ2n) is 3.94. The summed E-state index contributed by atoms with van der Waals surface area (Å²) in [5, 5.41) is 1.63. The zero-order valence-electron chi connectivity index (χ0n) is 9.22. The van der Waals surface area contributed by atoms with Gasteiger partial charge >= 0.3 is 0 Å². The fourth-order valence-corrected chi connectivity index (χ4v) is 2.70. The number of halogens is 1. The maximum Gasteiger partial charge on any atom is 0.261 e. The second kappa shape index (κ2) is 4.03. The first-order valence-corrected chi connectivity index (χ1v) is 7.63. The molecule has 0 bridgehead atoms. The fraction of sp³-hybridized carbons (Fsp3) is 0.167. The summed E-state index contributed by atoms with van der Waals surface area (Å²) in [5.74, 6) is 1.30. The van der Waals surface area contributed by atoms with E-state index >= 15 is 0 Å². The highest BCUT2D eigenvalue weighted by atomic mass is 35.7. The summed E-state index contributed by atoms with van der Waals surface area (Å²) >= 11 is 0. The van der Waals surface area contributed by atoms with E-state index < -0.39 is 9.05 Å². The van der Waals surface area contributed by atoms with Crippen LogP contribution in [0.4, 0.5) is 0 Å². The van der Waals surface area contributed by atoms with Crippen LogP contribution in [0.2, 0.25) is 0 Å². The molecule has 0 N–H and O–H groups in total. The topological polar surface area (TPSA) is 52.6 Å². The average molecular weight is 285 g/mol. The van der Waals surface area contributed by atoms with Gasteiger partial charge in [-0.2, -0.15) is 0 Å². The van der Waals surface area contributed by atoms with Gasteiger partial charge in [-0.15, -0.1) is 0 Å². The smallest absolute Gasteiger partial charge is 0.261 e. The summed E-state index contributed by atoms with van der Waals surface area (Å²) in [6.45, 7) is 1.01. The Hall–Kier alpha value is -1.46. The predicted molar refractivity (Wildman–Crippen MR) is 68.0 cm³/mol. The van der Waals surface area contributed by atoms with Crippen molar-refractivity contribution in [2.45, 2.75) is 4.90 Å². The molecule has 0 saturated carbocycles. The maximum atomic E-state index is 11.3. The zero-order chi connectivity index (χ0) is 12.8. The van der Waals surface area contributed by atoms with Crippen LogP contribution < -0.4 is 9.47 Å². The lowest BCUT2D eigenvalue weighted by molar-refractivity contribution is 0.172. The van der Waals surface area contributed by atoms with Crippen molar-refractivity contribution < 1.29 is 17.9 Å². The van der Waals surface area contributed by atoms with Crippen LogP contribution in [0.5, 0.6) is 11.5 Å². The van der Waals surface area contributed by atoms with Gasteiger partial charge in [0.2, 0.25) is 0 Å². The van der Waals surface area contributed by atoms with Crippen LogP contribution in [0.3, 0.4) is 0 Å². The summed E-state index contributed by atoms with van der Waals surface area (Å²) < 4.78 is 33.5. The van der Waals surface area contributed by atoms with E-state index in [-0.39, 0.29) is 4.90 Å². The molecule has 0 saturated heterocycles. The van der Waals surface area contributed by atoms with Gasteiger partial charge < -0.3 is 9.47 Å². The second-order valence-corrected chi connectivity index (χ2v) is 6.51. The molecule has 1 aliphatic rings. The van der Waals surface area contributed by atoms with Crippen molar-refractivity contribution in [1.82, 2.24) is 0 Å². The zero-order valence-corrected chi connectivity index (χ0v) is 10.8. The molecular formula is C12H9ClO4S. The number of ether oxygens (including phenoxy) is 2. The van der Waals surface area contributed by atoms with Crippen LogP contribution >= 0.6 is 10.7 Å². The van der Waals surface area contributed by atoms with Gasteiger partial charge in [0, 0.05) is 10.7 Å². The summed E-state index contributed by atoms with van der Waals surface area (Å²) in [4.78, 5) is 0.0772. The molecule has 0 spiro atoms. The molecule has 0 unspecified atom stereocenters. The van der Waals surface area contributed by atoms with Crippen LogP contribution in [0.25, 0.3) is 10.8 Å². The summed E-state index contributed by atoms with van der Waals surface area (Å²) in [6, 6.07) is 8.28. The summed E-state index contributed by atoms with van der Waals surface area (Å²) in [6.07, 6.45) is 0. The number of rotatable bonds is 1. The standard InChI is InChI=1S/C12H9ClO4S/c13-18(14,15)10-2-1-8-6-11-12(7-9(8)5-10)17-4-3-16-11/h1-2,5-7H,3-4H2. The molecule has 0 aromatic heterocycles. The lowest BCUT2D eigenvalue weighted by Crippen LogP contribution is -2.15. The molecule has 4 nitrogen and oxygen atoms in total. The monoisotopic (exact) mass is 284 g/mol. The fourth-order valence-electron chi connectivity index (χ4n) is 1.91. The van der Waals surface area contributed by atoms with Gasteiger partial charge in [0.05, 0.1) is 4.90 Å². The minimum atomic E-state index is -3.72. The highest BCUT2D eigenvalue weighted by Gasteiger charge is 2.15. The van der Waals surface area contributed by atoms with Crippen LogP contribution in [-0.2, 0) is 9.05 Å². The number of benzene rings is 2. The van der Waals surface area contributed by atoms with Gasteiger partial charge in [-0.1, -0.05) is 6.07 Å². The van der Waals surface area contributed by atoms with E-state index in [9.17, 15) is 8.42 Å². The first-order valence-electron chi connectivity index (χ1n) is 5.32. The van der Waals surface area contributed by atoms with Crippen LogP contribution in [0, 0.1) is 0 Å². The highest BCUT2D eigenvalue weighted by molar-refractivity contribution is 8.13. The molecule has 94 valence electrons. The molecule has 0 atom stereocenters. The van der Waals surface area contributed by atoms with Crippen LogP contribution in [0.1, 0.15) is 0 Å². The third kappa shape index (κ3) is 2.00. The van der Waals surface area contributed by atoms with Crippen molar-refractivity contribution in [3.8, 4) is 11.5 Å².